The lowest BCUT2D eigenvalue weighted by molar-refractivity contribution is -0.137. The SMILES string of the molecule is O=C(O)CCC[C@H]1CC[C@@H]2[C@@H](/C=C/[C@@H](O)COc3cccc(Cl)c3)[C@H](O)C[C@@H]2OC1. The fourth-order valence-electron chi connectivity index (χ4n) is 4.54. The van der Waals surface area contributed by atoms with E-state index in [0.717, 1.165) is 19.3 Å². The molecule has 0 amide bonds. The fourth-order valence-corrected chi connectivity index (χ4v) is 4.72. The molecule has 166 valence electrons. The van der Waals surface area contributed by atoms with Crippen LogP contribution in [0.1, 0.15) is 38.5 Å². The summed E-state index contributed by atoms with van der Waals surface area (Å²) in [4.78, 5) is 10.7. The predicted octanol–water partition coefficient (Wildman–Crippen LogP) is 3.68. The van der Waals surface area contributed by atoms with Crippen LogP contribution in [0.25, 0.3) is 0 Å². The lowest BCUT2D eigenvalue weighted by Gasteiger charge is -2.21. The summed E-state index contributed by atoms with van der Waals surface area (Å²) < 4.78 is 11.7. The van der Waals surface area contributed by atoms with Crippen molar-refractivity contribution in [1.29, 1.82) is 0 Å². The third-order valence-corrected chi connectivity index (χ3v) is 6.35. The van der Waals surface area contributed by atoms with E-state index in [-0.39, 0.29) is 31.0 Å². The van der Waals surface area contributed by atoms with Crippen LogP contribution < -0.4 is 4.74 Å². The highest BCUT2D eigenvalue weighted by Crippen LogP contribution is 2.42. The molecule has 0 aromatic heterocycles. The Balaban J connectivity index is 1.49. The first kappa shape index (κ1) is 23.1. The summed E-state index contributed by atoms with van der Waals surface area (Å²) in [6, 6.07) is 7.02. The second-order valence-corrected chi connectivity index (χ2v) is 8.80. The van der Waals surface area contributed by atoms with Crippen LogP contribution >= 0.6 is 11.6 Å². The Morgan fingerprint density at radius 2 is 2.20 bits per heavy atom. The van der Waals surface area contributed by atoms with Gasteiger partial charge in [0.1, 0.15) is 18.5 Å². The first-order chi connectivity index (χ1) is 14.4. The molecule has 1 aliphatic carbocycles. The number of hydrogen-bond acceptors (Lipinski definition) is 5. The van der Waals surface area contributed by atoms with Gasteiger partial charge in [-0.2, -0.15) is 0 Å². The normalized spacial score (nSPS) is 30.0. The van der Waals surface area contributed by atoms with Crippen LogP contribution in [0.5, 0.6) is 5.75 Å². The number of carboxylic acid groups (broad SMARTS) is 1. The van der Waals surface area contributed by atoms with Crippen LogP contribution in [0.15, 0.2) is 36.4 Å². The smallest absolute Gasteiger partial charge is 0.303 e. The van der Waals surface area contributed by atoms with Gasteiger partial charge >= 0.3 is 5.97 Å². The third kappa shape index (κ3) is 6.71. The van der Waals surface area contributed by atoms with Gasteiger partial charge in [0.15, 0.2) is 0 Å². The number of ether oxygens (including phenoxy) is 2. The summed E-state index contributed by atoms with van der Waals surface area (Å²) in [5.74, 6) is 0.360. The minimum atomic E-state index is -0.786. The number of hydrogen-bond donors (Lipinski definition) is 3. The molecule has 3 rings (SSSR count). The average Bonchev–Trinajstić information content (AvgIpc) is 2.86. The van der Waals surface area contributed by atoms with Crippen molar-refractivity contribution in [2.24, 2.45) is 17.8 Å². The van der Waals surface area contributed by atoms with Crippen molar-refractivity contribution in [3.8, 4) is 5.75 Å². The molecule has 30 heavy (non-hydrogen) atoms. The van der Waals surface area contributed by atoms with E-state index in [4.69, 9.17) is 26.2 Å². The average molecular weight is 439 g/mol. The second kappa shape index (κ2) is 11.1. The zero-order chi connectivity index (χ0) is 21.5. The molecular formula is C23H31ClO6. The van der Waals surface area contributed by atoms with E-state index in [9.17, 15) is 15.0 Å². The number of rotatable bonds is 9. The second-order valence-electron chi connectivity index (χ2n) is 8.37. The van der Waals surface area contributed by atoms with Gasteiger partial charge in [0.05, 0.1) is 12.2 Å². The van der Waals surface area contributed by atoms with E-state index >= 15 is 0 Å². The third-order valence-electron chi connectivity index (χ3n) is 6.12. The Morgan fingerprint density at radius 1 is 1.37 bits per heavy atom. The van der Waals surface area contributed by atoms with E-state index in [1.807, 2.05) is 6.08 Å². The van der Waals surface area contributed by atoms with Gasteiger partial charge in [-0.15, -0.1) is 0 Å². The molecule has 1 aliphatic heterocycles. The Morgan fingerprint density at radius 3 is 2.97 bits per heavy atom. The molecule has 1 aromatic rings. The molecule has 1 heterocycles. The quantitative estimate of drug-likeness (QED) is 0.509. The lowest BCUT2D eigenvalue weighted by Crippen LogP contribution is -2.22. The highest BCUT2D eigenvalue weighted by Gasteiger charge is 2.43. The van der Waals surface area contributed by atoms with Gasteiger partial charge in [0, 0.05) is 30.4 Å². The monoisotopic (exact) mass is 438 g/mol. The van der Waals surface area contributed by atoms with Gasteiger partial charge in [0.2, 0.25) is 0 Å². The van der Waals surface area contributed by atoms with E-state index in [2.05, 4.69) is 0 Å². The molecule has 0 radical (unpaired) electrons. The fraction of sp³-hybridized carbons (Fsp3) is 0.609. The van der Waals surface area contributed by atoms with Gasteiger partial charge in [-0.3, -0.25) is 4.79 Å². The number of aliphatic hydroxyl groups excluding tert-OH is 2. The van der Waals surface area contributed by atoms with Crippen LogP contribution in [0.3, 0.4) is 0 Å². The van der Waals surface area contributed by atoms with E-state index < -0.39 is 18.2 Å². The molecule has 7 heteroatoms. The van der Waals surface area contributed by atoms with Crippen LogP contribution in [-0.2, 0) is 9.53 Å². The predicted molar refractivity (Wildman–Crippen MR) is 114 cm³/mol. The van der Waals surface area contributed by atoms with E-state index in [1.165, 1.54) is 0 Å². The van der Waals surface area contributed by atoms with Crippen molar-refractivity contribution in [2.45, 2.75) is 56.8 Å². The highest BCUT2D eigenvalue weighted by atomic mass is 35.5. The van der Waals surface area contributed by atoms with Crippen molar-refractivity contribution >= 4 is 17.6 Å². The molecule has 6 atom stereocenters. The summed E-state index contributed by atoms with van der Waals surface area (Å²) in [5, 5.41) is 30.2. The van der Waals surface area contributed by atoms with Crippen molar-refractivity contribution in [1.82, 2.24) is 0 Å². The number of aliphatic carboxylic acids is 1. The number of benzene rings is 1. The Kier molecular flexibility index (Phi) is 8.57. The van der Waals surface area contributed by atoms with Crippen LogP contribution in [-0.4, -0.2) is 52.8 Å². The largest absolute Gasteiger partial charge is 0.491 e. The van der Waals surface area contributed by atoms with Crippen molar-refractivity contribution < 1.29 is 29.6 Å². The summed E-state index contributed by atoms with van der Waals surface area (Å²) in [5.41, 5.74) is 0. The van der Waals surface area contributed by atoms with Gasteiger partial charge in [-0.1, -0.05) is 29.8 Å². The standard InChI is InChI=1S/C23H31ClO6/c24-16-4-2-5-18(11-16)29-14-17(25)8-10-19-20-9-7-15(3-1-6-23(27)28)13-30-22(20)12-21(19)26/h2,4-5,8,10-11,15,17,19-22,25-26H,1,3,6-7,9,12-14H2,(H,27,28)/b10-8+/t15-,17+,19+,20+,21+,22-/m0/s1. The topological polar surface area (TPSA) is 96.2 Å². The van der Waals surface area contributed by atoms with Crippen LogP contribution in [0.2, 0.25) is 5.02 Å². The Labute approximate surface area is 182 Å². The summed E-state index contributed by atoms with van der Waals surface area (Å²) in [6.07, 6.45) is 6.55. The number of fused-ring (bicyclic) bond motifs is 1. The Hall–Kier alpha value is -1.60. The van der Waals surface area contributed by atoms with Crippen molar-refractivity contribution in [3.63, 3.8) is 0 Å². The molecule has 0 spiro atoms. The molecule has 6 nitrogen and oxygen atoms in total. The van der Waals surface area contributed by atoms with E-state index in [0.29, 0.717) is 36.1 Å². The zero-order valence-corrected chi connectivity index (χ0v) is 17.8. The van der Waals surface area contributed by atoms with Gasteiger partial charge in [-0.05, 0) is 55.7 Å². The molecule has 1 saturated heterocycles. The molecule has 3 N–H and O–H groups in total. The number of carboxylic acids is 1. The summed E-state index contributed by atoms with van der Waals surface area (Å²) in [6.45, 7) is 0.732. The molecule has 2 fully saturated rings. The van der Waals surface area contributed by atoms with Crippen LogP contribution in [0, 0.1) is 17.8 Å². The zero-order valence-electron chi connectivity index (χ0n) is 17.0. The first-order valence-corrected chi connectivity index (χ1v) is 11.1. The molecular weight excluding hydrogens is 408 g/mol. The summed E-state index contributed by atoms with van der Waals surface area (Å²) >= 11 is 5.93. The lowest BCUT2D eigenvalue weighted by atomic mass is 9.86. The molecule has 1 aromatic carbocycles. The van der Waals surface area contributed by atoms with Gasteiger partial charge in [0.25, 0.3) is 0 Å². The molecule has 1 saturated carbocycles. The van der Waals surface area contributed by atoms with Gasteiger partial charge < -0.3 is 24.8 Å². The maximum Gasteiger partial charge on any atom is 0.303 e. The molecule has 0 bridgehead atoms. The Bertz CT molecular complexity index is 723. The minimum absolute atomic E-state index is 0.0129. The van der Waals surface area contributed by atoms with Crippen LogP contribution in [0.4, 0.5) is 0 Å². The maximum atomic E-state index is 10.7. The number of carbonyl (C=O) groups is 1. The number of aliphatic hydroxyl groups is 2. The minimum Gasteiger partial charge on any atom is -0.491 e. The van der Waals surface area contributed by atoms with Crippen molar-refractivity contribution in [2.75, 3.05) is 13.2 Å². The summed E-state index contributed by atoms with van der Waals surface area (Å²) in [7, 11) is 0. The highest BCUT2D eigenvalue weighted by molar-refractivity contribution is 6.30. The van der Waals surface area contributed by atoms with E-state index in [1.54, 1.807) is 30.3 Å². The molecule has 0 unspecified atom stereocenters. The molecule has 2 aliphatic rings. The number of halogens is 1. The first-order valence-electron chi connectivity index (χ1n) is 10.7. The van der Waals surface area contributed by atoms with Gasteiger partial charge in [-0.25, -0.2) is 0 Å². The maximum absolute atomic E-state index is 10.7. The van der Waals surface area contributed by atoms with Crippen molar-refractivity contribution in [3.05, 3.63) is 41.4 Å².